The van der Waals surface area contributed by atoms with Gasteiger partial charge in [0.05, 0.1) is 0 Å². The topological polar surface area (TPSA) is 0 Å². The van der Waals surface area contributed by atoms with Crippen molar-refractivity contribution in [3.05, 3.63) is 35.4 Å². The Hall–Kier alpha value is -0.490. The quantitative estimate of drug-likeness (QED) is 0.658. The van der Waals surface area contributed by atoms with E-state index in [4.69, 9.17) is 11.6 Å². The number of benzene rings is 1. The minimum atomic E-state index is 0.255. The van der Waals surface area contributed by atoms with Crippen molar-refractivity contribution in [2.45, 2.75) is 39.0 Å². The van der Waals surface area contributed by atoms with Crippen molar-refractivity contribution < 1.29 is 0 Å². The molecule has 0 N–H and O–H groups in total. The fraction of sp³-hybridized carbons (Fsp3) is 0.538. The molecule has 0 heterocycles. The van der Waals surface area contributed by atoms with Crippen molar-refractivity contribution in [3.8, 4) is 0 Å². The second-order valence-corrected chi connectivity index (χ2v) is 5.12. The van der Waals surface area contributed by atoms with Crippen LogP contribution in [0.2, 0.25) is 0 Å². The molecule has 0 aliphatic heterocycles. The molecule has 0 nitrogen and oxygen atoms in total. The van der Waals surface area contributed by atoms with Gasteiger partial charge in [0, 0.05) is 5.88 Å². The first-order chi connectivity index (χ1) is 6.54. The van der Waals surface area contributed by atoms with Gasteiger partial charge in [-0.2, -0.15) is 0 Å². The van der Waals surface area contributed by atoms with E-state index in [0.717, 1.165) is 18.7 Å². The third kappa shape index (κ3) is 3.34. The van der Waals surface area contributed by atoms with Crippen LogP contribution in [0.25, 0.3) is 0 Å². The molecule has 0 saturated heterocycles. The van der Waals surface area contributed by atoms with E-state index in [1.807, 2.05) is 0 Å². The summed E-state index contributed by atoms with van der Waals surface area (Å²) in [6, 6.07) is 8.88. The average Bonchev–Trinajstić information content (AvgIpc) is 2.14. The number of alkyl halides is 1. The van der Waals surface area contributed by atoms with Gasteiger partial charge < -0.3 is 0 Å². The first kappa shape index (κ1) is 11.6. The maximum Gasteiger partial charge on any atom is 0.0226 e. The van der Waals surface area contributed by atoms with Crippen molar-refractivity contribution in [1.29, 1.82) is 0 Å². The molecule has 1 heteroatoms. The minimum absolute atomic E-state index is 0.255. The zero-order valence-corrected chi connectivity index (χ0v) is 10.1. The van der Waals surface area contributed by atoms with Crippen LogP contribution in [0.5, 0.6) is 0 Å². The Morgan fingerprint density at radius 3 is 2.07 bits per heavy atom. The minimum Gasteiger partial charge on any atom is -0.127 e. The zero-order valence-electron chi connectivity index (χ0n) is 9.31. The van der Waals surface area contributed by atoms with E-state index in [0.29, 0.717) is 0 Å². The van der Waals surface area contributed by atoms with E-state index in [9.17, 15) is 0 Å². The highest BCUT2D eigenvalue weighted by atomic mass is 35.5. The molecule has 0 aromatic heterocycles. The zero-order chi connectivity index (χ0) is 10.6. The second-order valence-electron chi connectivity index (χ2n) is 4.74. The molecule has 0 aliphatic rings. The molecule has 0 saturated carbocycles. The third-order valence-electron chi connectivity index (χ3n) is 2.42. The Morgan fingerprint density at radius 1 is 1.07 bits per heavy atom. The summed E-state index contributed by atoms with van der Waals surface area (Å²) < 4.78 is 0. The van der Waals surface area contributed by atoms with Crippen molar-refractivity contribution >= 4 is 11.6 Å². The van der Waals surface area contributed by atoms with Crippen LogP contribution in [0.4, 0.5) is 0 Å². The molecule has 0 unspecified atom stereocenters. The molecular weight excluding hydrogens is 192 g/mol. The Bertz CT molecular complexity index is 266. The van der Waals surface area contributed by atoms with Crippen LogP contribution in [0.15, 0.2) is 24.3 Å². The standard InChI is InChI=1S/C13H19Cl/c1-13(2,3)12-8-6-11(7-9-12)5-4-10-14/h6-9H,4-5,10H2,1-3H3. The van der Waals surface area contributed by atoms with Gasteiger partial charge in [0.2, 0.25) is 0 Å². The molecule has 0 fully saturated rings. The van der Waals surface area contributed by atoms with Crippen molar-refractivity contribution in [2.24, 2.45) is 0 Å². The summed E-state index contributed by atoms with van der Waals surface area (Å²) in [6.45, 7) is 6.71. The van der Waals surface area contributed by atoms with Crippen molar-refractivity contribution in [2.75, 3.05) is 5.88 Å². The molecular formula is C13H19Cl. The predicted molar refractivity (Wildman–Crippen MR) is 64.2 cm³/mol. The van der Waals surface area contributed by atoms with E-state index in [2.05, 4.69) is 45.0 Å². The van der Waals surface area contributed by atoms with Gasteiger partial charge in [0.1, 0.15) is 0 Å². The lowest BCUT2D eigenvalue weighted by Crippen LogP contribution is -2.10. The Balaban J connectivity index is 2.69. The first-order valence-corrected chi connectivity index (χ1v) is 5.73. The van der Waals surface area contributed by atoms with Crippen LogP contribution in [0, 0.1) is 0 Å². The summed E-state index contributed by atoms with van der Waals surface area (Å²) in [5.41, 5.74) is 3.04. The largest absolute Gasteiger partial charge is 0.127 e. The molecule has 78 valence electrons. The highest BCUT2D eigenvalue weighted by Crippen LogP contribution is 2.22. The highest BCUT2D eigenvalue weighted by Gasteiger charge is 2.12. The van der Waals surface area contributed by atoms with Gasteiger partial charge in [0.15, 0.2) is 0 Å². The molecule has 0 aliphatic carbocycles. The fourth-order valence-electron chi connectivity index (χ4n) is 1.44. The number of hydrogen-bond acceptors (Lipinski definition) is 0. The lowest BCUT2D eigenvalue weighted by atomic mass is 9.86. The first-order valence-electron chi connectivity index (χ1n) is 5.19. The molecule has 0 spiro atoms. The maximum atomic E-state index is 5.66. The SMILES string of the molecule is CC(C)(C)c1ccc(CCCCl)cc1. The van der Waals surface area contributed by atoms with Crippen LogP contribution in [0.3, 0.4) is 0 Å². The summed E-state index contributed by atoms with van der Waals surface area (Å²) in [5, 5.41) is 0. The highest BCUT2D eigenvalue weighted by molar-refractivity contribution is 6.17. The van der Waals surface area contributed by atoms with Crippen LogP contribution in [0.1, 0.15) is 38.3 Å². The van der Waals surface area contributed by atoms with Gasteiger partial charge in [-0.05, 0) is 29.4 Å². The molecule has 1 aromatic rings. The Morgan fingerprint density at radius 2 is 1.64 bits per heavy atom. The molecule has 0 radical (unpaired) electrons. The van der Waals surface area contributed by atoms with Gasteiger partial charge in [0.25, 0.3) is 0 Å². The monoisotopic (exact) mass is 210 g/mol. The van der Waals surface area contributed by atoms with Gasteiger partial charge in [-0.1, -0.05) is 45.0 Å². The van der Waals surface area contributed by atoms with Gasteiger partial charge >= 0.3 is 0 Å². The van der Waals surface area contributed by atoms with Crippen molar-refractivity contribution in [1.82, 2.24) is 0 Å². The fourth-order valence-corrected chi connectivity index (χ4v) is 1.58. The second kappa shape index (κ2) is 4.84. The lowest BCUT2D eigenvalue weighted by Gasteiger charge is -2.19. The van der Waals surface area contributed by atoms with E-state index < -0.39 is 0 Å². The molecule has 14 heavy (non-hydrogen) atoms. The summed E-state index contributed by atoms with van der Waals surface area (Å²) >= 11 is 5.66. The van der Waals surface area contributed by atoms with E-state index in [1.54, 1.807) is 0 Å². The number of hydrogen-bond donors (Lipinski definition) is 0. The van der Waals surface area contributed by atoms with Gasteiger partial charge in [-0.25, -0.2) is 0 Å². The van der Waals surface area contributed by atoms with E-state index >= 15 is 0 Å². The Labute approximate surface area is 92.3 Å². The van der Waals surface area contributed by atoms with Gasteiger partial charge in [-0.15, -0.1) is 11.6 Å². The molecule has 0 amide bonds. The average molecular weight is 211 g/mol. The van der Waals surface area contributed by atoms with Crippen LogP contribution < -0.4 is 0 Å². The summed E-state index contributed by atoms with van der Waals surface area (Å²) in [6.07, 6.45) is 2.16. The molecule has 0 bridgehead atoms. The summed E-state index contributed by atoms with van der Waals surface area (Å²) in [7, 11) is 0. The smallest absolute Gasteiger partial charge is 0.0226 e. The predicted octanol–water partition coefficient (Wildman–Crippen LogP) is 4.16. The third-order valence-corrected chi connectivity index (χ3v) is 2.69. The Kier molecular flexibility index (Phi) is 4.00. The van der Waals surface area contributed by atoms with Crippen LogP contribution in [-0.2, 0) is 11.8 Å². The summed E-state index contributed by atoms with van der Waals surface area (Å²) in [4.78, 5) is 0. The van der Waals surface area contributed by atoms with E-state index in [-0.39, 0.29) is 5.41 Å². The molecule has 1 aromatic carbocycles. The number of halogens is 1. The number of aryl methyl sites for hydroxylation is 1. The molecule has 0 atom stereocenters. The van der Waals surface area contributed by atoms with Crippen molar-refractivity contribution in [3.63, 3.8) is 0 Å². The lowest BCUT2D eigenvalue weighted by molar-refractivity contribution is 0.590. The maximum absolute atomic E-state index is 5.66. The van der Waals surface area contributed by atoms with Crippen LogP contribution in [-0.4, -0.2) is 5.88 Å². The summed E-state index contributed by atoms with van der Waals surface area (Å²) in [5.74, 6) is 0.751. The van der Waals surface area contributed by atoms with E-state index in [1.165, 1.54) is 11.1 Å². The molecule has 1 rings (SSSR count). The number of rotatable bonds is 3. The normalized spacial score (nSPS) is 11.7. The van der Waals surface area contributed by atoms with Gasteiger partial charge in [-0.3, -0.25) is 0 Å². The van der Waals surface area contributed by atoms with Crippen LogP contribution >= 0.6 is 11.6 Å².